The molecule has 19 heavy (non-hydrogen) atoms. The number of carbonyl (C=O) groups is 1. The molecule has 0 spiro atoms. The Kier molecular flexibility index (Phi) is 3.97. The van der Waals surface area contributed by atoms with Crippen molar-refractivity contribution in [3.63, 3.8) is 0 Å². The van der Waals surface area contributed by atoms with E-state index in [1.807, 2.05) is 0 Å². The highest BCUT2D eigenvalue weighted by Gasteiger charge is 2.13. The maximum atomic E-state index is 12.0. The molecule has 1 amide bonds. The molecule has 5 nitrogen and oxygen atoms in total. The van der Waals surface area contributed by atoms with Crippen LogP contribution in [0, 0.1) is 0 Å². The number of amides is 1. The molecule has 1 heterocycles. The number of methoxy groups -OCH3 is 2. The standard InChI is InChI=1S/C13H13ClN2O3/c1-18-11-6-10(12(19-2)5-9(11)14)16-13(17)8-3-4-15-7-8/h3-7,15H,1-2H3,(H,16,17). The molecule has 100 valence electrons. The highest BCUT2D eigenvalue weighted by molar-refractivity contribution is 6.32. The van der Waals surface area contributed by atoms with Crippen LogP contribution in [0.25, 0.3) is 0 Å². The molecule has 0 aliphatic rings. The molecular formula is C13H13ClN2O3. The first-order chi connectivity index (χ1) is 9.15. The third-order valence-electron chi connectivity index (χ3n) is 2.58. The molecule has 2 aromatic rings. The smallest absolute Gasteiger partial charge is 0.257 e. The van der Waals surface area contributed by atoms with Crippen molar-refractivity contribution in [2.75, 3.05) is 19.5 Å². The van der Waals surface area contributed by atoms with Gasteiger partial charge in [-0.05, 0) is 6.07 Å². The second kappa shape index (κ2) is 5.67. The van der Waals surface area contributed by atoms with E-state index < -0.39 is 0 Å². The molecule has 2 N–H and O–H groups in total. The van der Waals surface area contributed by atoms with Gasteiger partial charge in [-0.15, -0.1) is 0 Å². The van der Waals surface area contributed by atoms with E-state index in [4.69, 9.17) is 21.1 Å². The van der Waals surface area contributed by atoms with Gasteiger partial charge in [0.05, 0.1) is 30.5 Å². The SMILES string of the molecule is COc1cc(NC(=O)c2cc[nH]c2)c(OC)cc1Cl. The number of ether oxygens (including phenoxy) is 2. The summed E-state index contributed by atoms with van der Waals surface area (Å²) in [7, 11) is 3.01. The fourth-order valence-electron chi connectivity index (χ4n) is 1.62. The Bertz CT molecular complexity index is 582. The number of benzene rings is 1. The summed E-state index contributed by atoms with van der Waals surface area (Å²) in [6.07, 6.45) is 3.28. The summed E-state index contributed by atoms with van der Waals surface area (Å²) >= 11 is 5.99. The highest BCUT2D eigenvalue weighted by Crippen LogP contribution is 2.35. The van der Waals surface area contributed by atoms with E-state index in [2.05, 4.69) is 10.3 Å². The van der Waals surface area contributed by atoms with E-state index in [1.165, 1.54) is 14.2 Å². The Morgan fingerprint density at radius 1 is 1.26 bits per heavy atom. The van der Waals surface area contributed by atoms with Crippen LogP contribution in [0.2, 0.25) is 5.02 Å². The van der Waals surface area contributed by atoms with E-state index >= 15 is 0 Å². The monoisotopic (exact) mass is 280 g/mol. The van der Waals surface area contributed by atoms with Gasteiger partial charge in [0, 0.05) is 24.5 Å². The maximum Gasteiger partial charge on any atom is 0.257 e. The third-order valence-corrected chi connectivity index (χ3v) is 2.88. The van der Waals surface area contributed by atoms with Gasteiger partial charge in [0.15, 0.2) is 0 Å². The number of aromatic nitrogens is 1. The molecule has 0 atom stereocenters. The minimum Gasteiger partial charge on any atom is -0.495 e. The average Bonchev–Trinajstić information content (AvgIpc) is 2.94. The quantitative estimate of drug-likeness (QED) is 0.905. The zero-order valence-corrected chi connectivity index (χ0v) is 11.2. The van der Waals surface area contributed by atoms with Crippen LogP contribution in [0.3, 0.4) is 0 Å². The van der Waals surface area contributed by atoms with Gasteiger partial charge >= 0.3 is 0 Å². The van der Waals surface area contributed by atoms with Gasteiger partial charge in [-0.3, -0.25) is 4.79 Å². The summed E-state index contributed by atoms with van der Waals surface area (Å²) in [4.78, 5) is 14.8. The van der Waals surface area contributed by atoms with Crippen LogP contribution >= 0.6 is 11.6 Å². The largest absolute Gasteiger partial charge is 0.495 e. The van der Waals surface area contributed by atoms with Crippen LogP contribution in [0.5, 0.6) is 11.5 Å². The first kappa shape index (κ1) is 13.3. The van der Waals surface area contributed by atoms with Crippen molar-refractivity contribution >= 4 is 23.2 Å². The average molecular weight is 281 g/mol. The lowest BCUT2D eigenvalue weighted by molar-refractivity contribution is 0.102. The Labute approximate surface area is 115 Å². The second-order valence-electron chi connectivity index (χ2n) is 3.74. The third kappa shape index (κ3) is 2.82. The fraction of sp³-hybridized carbons (Fsp3) is 0.154. The molecule has 0 radical (unpaired) electrons. The van der Waals surface area contributed by atoms with Gasteiger partial charge in [-0.1, -0.05) is 11.6 Å². The lowest BCUT2D eigenvalue weighted by Gasteiger charge is -2.12. The van der Waals surface area contributed by atoms with Crippen molar-refractivity contribution in [1.29, 1.82) is 0 Å². The number of nitrogens with one attached hydrogen (secondary N) is 2. The molecule has 0 saturated carbocycles. The normalized spacial score (nSPS) is 10.1. The lowest BCUT2D eigenvalue weighted by atomic mass is 10.2. The summed E-state index contributed by atoms with van der Waals surface area (Å²) < 4.78 is 10.3. The molecule has 0 bridgehead atoms. The summed E-state index contributed by atoms with van der Waals surface area (Å²) in [6.45, 7) is 0. The Morgan fingerprint density at radius 2 is 2.00 bits per heavy atom. The number of hydrogen-bond acceptors (Lipinski definition) is 3. The minimum atomic E-state index is -0.246. The zero-order valence-electron chi connectivity index (χ0n) is 10.5. The van der Waals surface area contributed by atoms with Gasteiger partial charge in [-0.25, -0.2) is 0 Å². The molecule has 0 fully saturated rings. The molecule has 2 rings (SSSR count). The number of halogens is 1. The van der Waals surface area contributed by atoms with Crippen LogP contribution in [0.1, 0.15) is 10.4 Å². The number of aromatic amines is 1. The number of rotatable bonds is 4. The first-order valence-electron chi connectivity index (χ1n) is 5.51. The predicted octanol–water partition coefficient (Wildman–Crippen LogP) is 2.94. The van der Waals surface area contributed by atoms with Crippen molar-refractivity contribution in [2.24, 2.45) is 0 Å². The number of anilines is 1. The van der Waals surface area contributed by atoms with E-state index in [1.54, 1.807) is 30.6 Å². The summed E-state index contributed by atoms with van der Waals surface area (Å²) in [5.74, 6) is 0.686. The second-order valence-corrected chi connectivity index (χ2v) is 4.15. The van der Waals surface area contributed by atoms with Crippen molar-refractivity contribution in [2.45, 2.75) is 0 Å². The van der Waals surface area contributed by atoms with Crippen molar-refractivity contribution in [3.8, 4) is 11.5 Å². The fourth-order valence-corrected chi connectivity index (χ4v) is 1.85. The Morgan fingerprint density at radius 3 is 2.58 bits per heavy atom. The molecule has 0 unspecified atom stereocenters. The van der Waals surface area contributed by atoms with Crippen LogP contribution in [-0.4, -0.2) is 25.1 Å². The van der Waals surface area contributed by atoms with Gasteiger partial charge in [0.1, 0.15) is 11.5 Å². The first-order valence-corrected chi connectivity index (χ1v) is 5.89. The molecule has 6 heteroatoms. The Balaban J connectivity index is 2.31. The summed E-state index contributed by atoms with van der Waals surface area (Å²) in [6, 6.07) is 4.88. The molecule has 0 saturated heterocycles. The molecule has 1 aromatic heterocycles. The molecular weight excluding hydrogens is 268 g/mol. The van der Waals surface area contributed by atoms with E-state index in [0.29, 0.717) is 27.8 Å². The number of carbonyl (C=O) groups excluding carboxylic acids is 1. The summed E-state index contributed by atoms with van der Waals surface area (Å²) in [5, 5.41) is 3.16. The van der Waals surface area contributed by atoms with Crippen LogP contribution < -0.4 is 14.8 Å². The molecule has 1 aromatic carbocycles. The number of H-pyrrole nitrogens is 1. The number of hydrogen-bond donors (Lipinski definition) is 2. The topological polar surface area (TPSA) is 63.3 Å². The van der Waals surface area contributed by atoms with Gasteiger partial charge < -0.3 is 19.8 Å². The van der Waals surface area contributed by atoms with E-state index in [9.17, 15) is 4.79 Å². The van der Waals surface area contributed by atoms with Gasteiger partial charge in [-0.2, -0.15) is 0 Å². The molecule has 0 aliphatic carbocycles. The van der Waals surface area contributed by atoms with Crippen LogP contribution in [0.15, 0.2) is 30.6 Å². The van der Waals surface area contributed by atoms with Crippen LogP contribution in [0.4, 0.5) is 5.69 Å². The maximum absolute atomic E-state index is 12.0. The minimum absolute atomic E-state index is 0.246. The van der Waals surface area contributed by atoms with Crippen LogP contribution in [-0.2, 0) is 0 Å². The van der Waals surface area contributed by atoms with Crippen molar-refractivity contribution in [1.82, 2.24) is 4.98 Å². The van der Waals surface area contributed by atoms with Gasteiger partial charge in [0.25, 0.3) is 5.91 Å². The predicted molar refractivity (Wildman–Crippen MR) is 73.3 cm³/mol. The zero-order chi connectivity index (χ0) is 13.8. The van der Waals surface area contributed by atoms with E-state index in [-0.39, 0.29) is 5.91 Å². The van der Waals surface area contributed by atoms with Crippen molar-refractivity contribution < 1.29 is 14.3 Å². The van der Waals surface area contributed by atoms with E-state index in [0.717, 1.165) is 0 Å². The summed E-state index contributed by atoms with van der Waals surface area (Å²) in [5.41, 5.74) is 1.02. The lowest BCUT2D eigenvalue weighted by Crippen LogP contribution is -2.12. The highest BCUT2D eigenvalue weighted by atomic mass is 35.5. The van der Waals surface area contributed by atoms with Gasteiger partial charge in [0.2, 0.25) is 0 Å². The Hall–Kier alpha value is -2.14. The molecule has 0 aliphatic heterocycles. The van der Waals surface area contributed by atoms with Crippen molar-refractivity contribution in [3.05, 3.63) is 41.2 Å².